The maximum absolute atomic E-state index is 4.36. The van der Waals surface area contributed by atoms with Gasteiger partial charge < -0.3 is 5.32 Å². The smallest absolute Gasteiger partial charge is 0.0560 e. The summed E-state index contributed by atoms with van der Waals surface area (Å²) in [5.74, 6) is 0. The Hall–Kier alpha value is -1.68. The quantitative estimate of drug-likeness (QED) is 0.851. The second-order valence-corrected chi connectivity index (χ2v) is 4.34. The summed E-state index contributed by atoms with van der Waals surface area (Å²) in [7, 11) is 0. The Morgan fingerprint density at radius 2 is 2.29 bits per heavy atom. The van der Waals surface area contributed by atoms with Gasteiger partial charge in [-0.2, -0.15) is 5.10 Å². The molecule has 0 saturated carbocycles. The van der Waals surface area contributed by atoms with E-state index < -0.39 is 0 Å². The Labute approximate surface area is 102 Å². The van der Waals surface area contributed by atoms with Crippen LogP contribution in [-0.2, 0) is 13.1 Å². The normalized spacial score (nSPS) is 12.6. The molecule has 0 radical (unpaired) electrons. The molecule has 0 aliphatic carbocycles. The van der Waals surface area contributed by atoms with Crippen LogP contribution >= 0.6 is 0 Å². The third kappa shape index (κ3) is 3.67. The van der Waals surface area contributed by atoms with Crippen molar-refractivity contribution in [3.63, 3.8) is 0 Å². The minimum absolute atomic E-state index is 0.373. The second-order valence-electron chi connectivity index (χ2n) is 4.34. The average Bonchev–Trinajstić information content (AvgIpc) is 2.81. The summed E-state index contributed by atoms with van der Waals surface area (Å²) >= 11 is 0. The molecular weight excluding hydrogens is 212 g/mol. The van der Waals surface area contributed by atoms with Crippen LogP contribution in [0.25, 0.3) is 0 Å². The van der Waals surface area contributed by atoms with Crippen molar-refractivity contribution in [2.75, 3.05) is 0 Å². The number of hydrogen-bond acceptors (Lipinski definition) is 3. The van der Waals surface area contributed by atoms with E-state index >= 15 is 0 Å². The van der Waals surface area contributed by atoms with Crippen molar-refractivity contribution in [2.45, 2.75) is 33.0 Å². The second kappa shape index (κ2) is 5.59. The molecule has 17 heavy (non-hydrogen) atoms. The molecule has 2 aromatic heterocycles. The van der Waals surface area contributed by atoms with Crippen molar-refractivity contribution in [3.05, 3.63) is 48.0 Å². The third-order valence-corrected chi connectivity index (χ3v) is 2.62. The van der Waals surface area contributed by atoms with Crippen molar-refractivity contribution in [3.8, 4) is 0 Å². The van der Waals surface area contributed by atoms with Gasteiger partial charge in [-0.1, -0.05) is 6.07 Å². The molecule has 0 aliphatic heterocycles. The summed E-state index contributed by atoms with van der Waals surface area (Å²) in [4.78, 5) is 4.36. The van der Waals surface area contributed by atoms with Crippen molar-refractivity contribution >= 4 is 0 Å². The molecule has 2 aromatic rings. The number of pyridine rings is 1. The Bertz CT molecular complexity index is 433. The lowest BCUT2D eigenvalue weighted by atomic mass is 10.2. The van der Waals surface area contributed by atoms with Crippen molar-refractivity contribution in [1.82, 2.24) is 20.1 Å². The van der Waals surface area contributed by atoms with Crippen molar-refractivity contribution < 1.29 is 0 Å². The third-order valence-electron chi connectivity index (χ3n) is 2.62. The molecule has 4 heteroatoms. The number of hydrogen-bond donors (Lipinski definition) is 1. The van der Waals surface area contributed by atoms with Gasteiger partial charge in [0.05, 0.1) is 12.2 Å². The zero-order valence-electron chi connectivity index (χ0n) is 10.3. The maximum atomic E-state index is 4.36. The lowest BCUT2D eigenvalue weighted by Crippen LogP contribution is -2.30. The Morgan fingerprint density at radius 3 is 2.94 bits per heavy atom. The molecule has 0 aromatic carbocycles. The summed E-state index contributed by atoms with van der Waals surface area (Å²) in [6.07, 6.45) is 5.67. The van der Waals surface area contributed by atoms with E-state index in [-0.39, 0.29) is 0 Å². The SMILES string of the molecule is Cc1ccc(CNC(C)Cn2cccn2)nc1. The van der Waals surface area contributed by atoms with E-state index in [9.17, 15) is 0 Å². The predicted octanol–water partition coefficient (Wildman–Crippen LogP) is 1.76. The summed E-state index contributed by atoms with van der Waals surface area (Å²) in [5, 5.41) is 7.62. The monoisotopic (exact) mass is 230 g/mol. The first-order valence-corrected chi connectivity index (χ1v) is 5.86. The lowest BCUT2D eigenvalue weighted by molar-refractivity contribution is 0.448. The summed E-state index contributed by atoms with van der Waals surface area (Å²) in [5.41, 5.74) is 2.27. The van der Waals surface area contributed by atoms with Gasteiger partial charge in [-0.15, -0.1) is 0 Å². The fraction of sp³-hybridized carbons (Fsp3) is 0.385. The number of rotatable bonds is 5. The minimum Gasteiger partial charge on any atom is -0.307 e. The lowest BCUT2D eigenvalue weighted by Gasteiger charge is -2.13. The molecule has 0 fully saturated rings. The van der Waals surface area contributed by atoms with Crippen molar-refractivity contribution in [1.29, 1.82) is 0 Å². The minimum atomic E-state index is 0.373. The van der Waals surface area contributed by atoms with Gasteiger partial charge in [0.15, 0.2) is 0 Å². The van der Waals surface area contributed by atoms with E-state index in [1.165, 1.54) is 5.56 Å². The Morgan fingerprint density at radius 1 is 1.41 bits per heavy atom. The van der Waals surface area contributed by atoms with Gasteiger partial charge in [-0.05, 0) is 31.5 Å². The van der Waals surface area contributed by atoms with Gasteiger partial charge in [0.1, 0.15) is 0 Å². The first kappa shape index (κ1) is 11.8. The summed E-state index contributed by atoms with van der Waals surface area (Å²) in [6, 6.07) is 6.46. The molecule has 0 spiro atoms. The fourth-order valence-electron chi connectivity index (χ4n) is 1.64. The van der Waals surface area contributed by atoms with Gasteiger partial charge in [-0.3, -0.25) is 9.67 Å². The predicted molar refractivity (Wildman–Crippen MR) is 67.5 cm³/mol. The Kier molecular flexibility index (Phi) is 3.88. The topological polar surface area (TPSA) is 42.7 Å². The summed E-state index contributed by atoms with van der Waals surface area (Å²) in [6.45, 7) is 5.86. The molecular formula is C13H18N4. The van der Waals surface area contributed by atoms with E-state index in [2.05, 4.69) is 34.5 Å². The fourth-order valence-corrected chi connectivity index (χ4v) is 1.64. The number of aromatic nitrogens is 3. The van der Waals surface area contributed by atoms with Crippen molar-refractivity contribution in [2.24, 2.45) is 0 Å². The van der Waals surface area contributed by atoms with Gasteiger partial charge in [-0.25, -0.2) is 0 Å². The zero-order valence-corrected chi connectivity index (χ0v) is 10.3. The molecule has 0 bridgehead atoms. The van der Waals surface area contributed by atoms with Crippen LogP contribution in [0, 0.1) is 6.92 Å². The summed E-state index contributed by atoms with van der Waals surface area (Å²) < 4.78 is 1.93. The van der Waals surface area contributed by atoms with Gasteiger partial charge >= 0.3 is 0 Å². The van der Waals surface area contributed by atoms with Gasteiger partial charge in [0.25, 0.3) is 0 Å². The van der Waals surface area contributed by atoms with E-state index in [1.54, 1.807) is 6.20 Å². The van der Waals surface area contributed by atoms with Crippen LogP contribution in [0.1, 0.15) is 18.2 Å². The molecule has 2 heterocycles. The first-order valence-electron chi connectivity index (χ1n) is 5.86. The zero-order chi connectivity index (χ0) is 12.1. The van der Waals surface area contributed by atoms with Crippen LogP contribution in [0.15, 0.2) is 36.8 Å². The van der Waals surface area contributed by atoms with Crippen LogP contribution in [0.2, 0.25) is 0 Å². The molecule has 1 atom stereocenters. The van der Waals surface area contributed by atoms with Crippen LogP contribution in [-0.4, -0.2) is 20.8 Å². The number of aryl methyl sites for hydroxylation is 1. The molecule has 0 aliphatic rings. The molecule has 0 amide bonds. The first-order chi connectivity index (χ1) is 8.24. The van der Waals surface area contributed by atoms with E-state index in [4.69, 9.17) is 0 Å². The van der Waals surface area contributed by atoms with Crippen LogP contribution in [0.3, 0.4) is 0 Å². The molecule has 2 rings (SSSR count). The largest absolute Gasteiger partial charge is 0.307 e. The molecule has 90 valence electrons. The number of nitrogens with zero attached hydrogens (tertiary/aromatic N) is 3. The maximum Gasteiger partial charge on any atom is 0.0560 e. The highest BCUT2D eigenvalue weighted by Gasteiger charge is 2.03. The highest BCUT2D eigenvalue weighted by atomic mass is 15.3. The van der Waals surface area contributed by atoms with E-state index in [0.29, 0.717) is 6.04 Å². The molecule has 0 saturated heterocycles. The molecule has 1 N–H and O–H groups in total. The molecule has 4 nitrogen and oxygen atoms in total. The van der Waals surface area contributed by atoms with Crippen LogP contribution < -0.4 is 5.32 Å². The van der Waals surface area contributed by atoms with E-state index in [1.807, 2.05) is 30.1 Å². The highest BCUT2D eigenvalue weighted by Crippen LogP contribution is 1.99. The van der Waals surface area contributed by atoms with Gasteiger partial charge in [0.2, 0.25) is 0 Å². The highest BCUT2D eigenvalue weighted by molar-refractivity contribution is 5.11. The number of nitrogens with one attached hydrogen (secondary N) is 1. The molecule has 1 unspecified atom stereocenters. The van der Waals surface area contributed by atoms with E-state index in [0.717, 1.165) is 18.8 Å². The standard InChI is InChI=1S/C13H18N4/c1-11-4-5-13(15-8-11)9-14-12(2)10-17-7-3-6-16-17/h3-8,12,14H,9-10H2,1-2H3. The van der Waals surface area contributed by atoms with Crippen LogP contribution in [0.5, 0.6) is 0 Å². The van der Waals surface area contributed by atoms with Crippen LogP contribution in [0.4, 0.5) is 0 Å². The van der Waals surface area contributed by atoms with Gasteiger partial charge in [0, 0.05) is 31.2 Å². The average molecular weight is 230 g/mol. The Balaban J connectivity index is 1.79.